The average Bonchev–Trinajstić information content (AvgIpc) is 2.89. The van der Waals surface area contributed by atoms with Gasteiger partial charge in [-0.05, 0) is 30.7 Å². The van der Waals surface area contributed by atoms with E-state index in [1.807, 2.05) is 0 Å². The van der Waals surface area contributed by atoms with E-state index in [0.29, 0.717) is 5.56 Å². The molecule has 0 bridgehead atoms. The van der Waals surface area contributed by atoms with E-state index in [1.165, 1.54) is 12.1 Å². The Balaban J connectivity index is 2.21. The third kappa shape index (κ3) is 2.64. The highest BCUT2D eigenvalue weighted by Crippen LogP contribution is 2.43. The number of aliphatic hydroxyl groups is 1. The first kappa shape index (κ1) is 14.8. The van der Waals surface area contributed by atoms with E-state index < -0.39 is 24.0 Å². The van der Waals surface area contributed by atoms with Gasteiger partial charge in [0, 0.05) is 12.2 Å². The number of amides is 1. The van der Waals surface area contributed by atoms with Crippen molar-refractivity contribution in [2.45, 2.75) is 19.2 Å². The fraction of sp³-hybridized carbons (Fsp3) is 0.462. The lowest BCUT2D eigenvalue weighted by atomic mass is 9.85. The topological polar surface area (TPSA) is 61.4 Å². The molecule has 1 saturated heterocycles. The summed E-state index contributed by atoms with van der Waals surface area (Å²) in [6.45, 7) is -0.499. The lowest BCUT2D eigenvalue weighted by Crippen LogP contribution is -2.49. The van der Waals surface area contributed by atoms with Crippen molar-refractivity contribution in [3.8, 4) is 0 Å². The number of carbonyl (C=O) groups excluding carboxylic acids is 1. The minimum atomic E-state index is -4.60. The Hall–Kier alpha value is -1.60. The number of benzene rings is 1. The van der Waals surface area contributed by atoms with Crippen molar-refractivity contribution in [1.29, 1.82) is 0 Å². The predicted octanol–water partition coefficient (Wildman–Crippen LogP) is 1.66. The van der Waals surface area contributed by atoms with Gasteiger partial charge in [-0.1, -0.05) is 12.1 Å². The highest BCUT2D eigenvalue weighted by Gasteiger charge is 2.61. The lowest BCUT2D eigenvalue weighted by molar-refractivity contribution is -0.213. The number of nitrogens with one attached hydrogen (secondary N) is 2. The van der Waals surface area contributed by atoms with Crippen LogP contribution >= 0.6 is 0 Å². The van der Waals surface area contributed by atoms with Crippen LogP contribution in [-0.4, -0.2) is 30.3 Å². The number of rotatable bonds is 3. The van der Waals surface area contributed by atoms with Gasteiger partial charge in [-0.3, -0.25) is 4.79 Å². The van der Waals surface area contributed by atoms with E-state index in [-0.39, 0.29) is 25.3 Å². The van der Waals surface area contributed by atoms with Crippen molar-refractivity contribution in [3.63, 3.8) is 0 Å². The zero-order valence-electron chi connectivity index (χ0n) is 10.6. The molecule has 1 aromatic carbocycles. The van der Waals surface area contributed by atoms with E-state index in [4.69, 9.17) is 5.11 Å². The van der Waals surface area contributed by atoms with Crippen molar-refractivity contribution < 1.29 is 23.1 Å². The molecule has 2 rings (SSSR count). The Labute approximate surface area is 114 Å². The summed E-state index contributed by atoms with van der Waals surface area (Å²) < 4.78 is 39.5. The lowest BCUT2D eigenvalue weighted by Gasteiger charge is -2.29. The molecule has 1 amide bonds. The van der Waals surface area contributed by atoms with Crippen molar-refractivity contribution >= 4 is 11.6 Å². The summed E-state index contributed by atoms with van der Waals surface area (Å²) >= 11 is 0. The standard InChI is InChI=1S/C13H15F3N2O2/c14-13(15,16)12(4-5-17-8-12)11(20)18-10-3-1-2-9(6-10)7-19/h1-3,6,17,19H,4-5,7-8H2,(H,18,20). The molecule has 3 N–H and O–H groups in total. The third-order valence-electron chi connectivity index (χ3n) is 3.50. The molecule has 0 radical (unpaired) electrons. The van der Waals surface area contributed by atoms with Gasteiger partial charge in [0.1, 0.15) is 0 Å². The smallest absolute Gasteiger partial charge is 0.392 e. The Morgan fingerprint density at radius 2 is 2.20 bits per heavy atom. The minimum absolute atomic E-state index is 0.156. The summed E-state index contributed by atoms with van der Waals surface area (Å²) in [5, 5.41) is 13.9. The second-order valence-electron chi connectivity index (χ2n) is 4.82. The SMILES string of the molecule is O=C(Nc1cccc(CO)c1)C1(C(F)(F)F)CCNC1. The number of halogens is 3. The largest absolute Gasteiger partial charge is 0.404 e. The molecular weight excluding hydrogens is 273 g/mol. The molecule has 7 heteroatoms. The van der Waals surface area contributed by atoms with Gasteiger partial charge in [0.15, 0.2) is 5.41 Å². The summed E-state index contributed by atoms with van der Waals surface area (Å²) in [4.78, 5) is 12.0. The van der Waals surface area contributed by atoms with Gasteiger partial charge in [0.2, 0.25) is 5.91 Å². The van der Waals surface area contributed by atoms with Crippen molar-refractivity contribution in [3.05, 3.63) is 29.8 Å². The second kappa shape index (κ2) is 5.41. The minimum Gasteiger partial charge on any atom is -0.392 e. The molecule has 1 atom stereocenters. The monoisotopic (exact) mass is 288 g/mol. The van der Waals surface area contributed by atoms with Crippen LogP contribution in [-0.2, 0) is 11.4 Å². The van der Waals surface area contributed by atoms with Gasteiger partial charge < -0.3 is 15.7 Å². The third-order valence-corrected chi connectivity index (χ3v) is 3.50. The van der Waals surface area contributed by atoms with Crippen LogP contribution in [0.3, 0.4) is 0 Å². The fourth-order valence-electron chi connectivity index (χ4n) is 2.25. The summed E-state index contributed by atoms with van der Waals surface area (Å²) in [5.74, 6) is -1.06. The van der Waals surface area contributed by atoms with Crippen molar-refractivity contribution in [2.75, 3.05) is 18.4 Å². The van der Waals surface area contributed by atoms with E-state index in [1.54, 1.807) is 12.1 Å². The van der Waals surface area contributed by atoms with E-state index in [2.05, 4.69) is 10.6 Å². The number of carbonyl (C=O) groups is 1. The van der Waals surface area contributed by atoms with Gasteiger partial charge >= 0.3 is 6.18 Å². The van der Waals surface area contributed by atoms with Gasteiger partial charge in [0.05, 0.1) is 6.61 Å². The molecule has 20 heavy (non-hydrogen) atoms. The quantitative estimate of drug-likeness (QED) is 0.792. The highest BCUT2D eigenvalue weighted by atomic mass is 19.4. The van der Waals surface area contributed by atoms with Crippen LogP contribution in [0.2, 0.25) is 0 Å². The zero-order chi connectivity index (χ0) is 14.8. The van der Waals surface area contributed by atoms with Crippen LogP contribution in [0.25, 0.3) is 0 Å². The molecule has 110 valence electrons. The first-order chi connectivity index (χ1) is 9.39. The zero-order valence-corrected chi connectivity index (χ0v) is 10.6. The maximum atomic E-state index is 13.2. The van der Waals surface area contributed by atoms with Crippen LogP contribution < -0.4 is 10.6 Å². The molecule has 0 aliphatic carbocycles. The van der Waals surface area contributed by atoms with Crippen LogP contribution in [0, 0.1) is 5.41 Å². The summed E-state index contributed by atoms with van der Waals surface area (Å²) in [6, 6.07) is 6.12. The molecule has 1 aliphatic heterocycles. The summed E-state index contributed by atoms with van der Waals surface area (Å²) in [6.07, 6.45) is -4.88. The number of aliphatic hydroxyl groups excluding tert-OH is 1. The van der Waals surface area contributed by atoms with Crippen molar-refractivity contribution in [2.24, 2.45) is 5.41 Å². The molecule has 4 nitrogen and oxygen atoms in total. The van der Waals surface area contributed by atoms with Gasteiger partial charge in [-0.25, -0.2) is 0 Å². The molecule has 1 unspecified atom stereocenters. The Morgan fingerprint density at radius 1 is 1.45 bits per heavy atom. The first-order valence-corrected chi connectivity index (χ1v) is 6.18. The second-order valence-corrected chi connectivity index (χ2v) is 4.82. The average molecular weight is 288 g/mol. The highest BCUT2D eigenvalue weighted by molar-refractivity contribution is 5.96. The van der Waals surface area contributed by atoms with Crippen LogP contribution in [0.4, 0.5) is 18.9 Å². The molecule has 0 spiro atoms. The van der Waals surface area contributed by atoms with Crippen LogP contribution in [0.5, 0.6) is 0 Å². The Kier molecular flexibility index (Phi) is 4.01. The summed E-state index contributed by atoms with van der Waals surface area (Å²) in [7, 11) is 0. The normalized spacial score (nSPS) is 22.8. The number of hydrogen-bond acceptors (Lipinski definition) is 3. The van der Waals surface area contributed by atoms with E-state index in [0.717, 1.165) is 0 Å². The molecule has 0 saturated carbocycles. The van der Waals surface area contributed by atoms with E-state index in [9.17, 15) is 18.0 Å². The van der Waals surface area contributed by atoms with Crippen LogP contribution in [0.15, 0.2) is 24.3 Å². The maximum Gasteiger partial charge on any atom is 0.404 e. The van der Waals surface area contributed by atoms with E-state index >= 15 is 0 Å². The predicted molar refractivity (Wildman–Crippen MR) is 67.0 cm³/mol. The molecule has 1 heterocycles. The fourth-order valence-corrected chi connectivity index (χ4v) is 2.25. The number of anilines is 1. The Morgan fingerprint density at radius 3 is 2.75 bits per heavy atom. The maximum absolute atomic E-state index is 13.2. The molecule has 1 aliphatic rings. The Bertz CT molecular complexity index is 497. The number of alkyl halides is 3. The molecular formula is C13H15F3N2O2. The van der Waals surface area contributed by atoms with Gasteiger partial charge in [-0.2, -0.15) is 13.2 Å². The number of hydrogen-bond donors (Lipinski definition) is 3. The molecule has 1 fully saturated rings. The molecule has 1 aromatic rings. The first-order valence-electron chi connectivity index (χ1n) is 6.18. The van der Waals surface area contributed by atoms with Gasteiger partial charge in [0.25, 0.3) is 0 Å². The summed E-state index contributed by atoms with van der Waals surface area (Å²) in [5.41, 5.74) is -1.62. The molecule has 0 aromatic heterocycles. The van der Waals surface area contributed by atoms with Crippen molar-refractivity contribution in [1.82, 2.24) is 5.32 Å². The van der Waals surface area contributed by atoms with Crippen LogP contribution in [0.1, 0.15) is 12.0 Å². The van der Waals surface area contributed by atoms with Gasteiger partial charge in [-0.15, -0.1) is 0 Å².